The van der Waals surface area contributed by atoms with Crippen LogP contribution >= 0.6 is 0 Å². The van der Waals surface area contributed by atoms with Crippen LogP contribution in [-0.2, 0) is 19.6 Å². The summed E-state index contributed by atoms with van der Waals surface area (Å²) in [6.07, 6.45) is 1.87. The van der Waals surface area contributed by atoms with E-state index in [1.54, 1.807) is 48.5 Å². The molecule has 2 heterocycles. The van der Waals surface area contributed by atoms with E-state index in [-0.39, 0.29) is 18.6 Å². The lowest BCUT2D eigenvalue weighted by Gasteiger charge is -2.33. The molecule has 32 heavy (non-hydrogen) atoms. The van der Waals surface area contributed by atoms with Gasteiger partial charge in [0.1, 0.15) is 5.75 Å². The number of fused-ring (bicyclic) bond motifs is 1. The van der Waals surface area contributed by atoms with Gasteiger partial charge < -0.3 is 20.1 Å². The molecule has 1 fully saturated rings. The Hall–Kier alpha value is -3.11. The molecule has 0 aliphatic carbocycles. The van der Waals surface area contributed by atoms with Crippen LogP contribution < -0.4 is 19.7 Å². The molecule has 170 valence electrons. The van der Waals surface area contributed by atoms with Crippen molar-refractivity contribution < 1.29 is 27.5 Å². The molecule has 2 amide bonds. The second-order valence-electron chi connectivity index (χ2n) is 7.75. The summed E-state index contributed by atoms with van der Waals surface area (Å²) >= 11 is 0. The van der Waals surface area contributed by atoms with Gasteiger partial charge in [-0.25, -0.2) is 8.42 Å². The van der Waals surface area contributed by atoms with Gasteiger partial charge in [0.2, 0.25) is 10.0 Å². The number of hydrogen-bond donors (Lipinski definition) is 2. The Morgan fingerprint density at radius 3 is 2.62 bits per heavy atom. The second-order valence-corrected chi connectivity index (χ2v) is 9.66. The predicted molar refractivity (Wildman–Crippen MR) is 119 cm³/mol. The van der Waals surface area contributed by atoms with Crippen LogP contribution in [0.4, 0.5) is 11.4 Å². The lowest BCUT2D eigenvalue weighted by Crippen LogP contribution is -2.48. The van der Waals surface area contributed by atoms with Gasteiger partial charge in [0.15, 0.2) is 6.10 Å². The summed E-state index contributed by atoms with van der Waals surface area (Å²) in [5.41, 5.74) is 0.999. The van der Waals surface area contributed by atoms with Gasteiger partial charge in [-0.1, -0.05) is 24.3 Å². The fourth-order valence-corrected chi connectivity index (χ4v) is 4.68. The molecule has 0 radical (unpaired) electrons. The summed E-state index contributed by atoms with van der Waals surface area (Å²) in [5, 5.41) is 5.55. The van der Waals surface area contributed by atoms with E-state index in [0.717, 1.165) is 23.4 Å². The number of sulfonamides is 1. The lowest BCUT2D eigenvalue weighted by molar-refractivity contribution is -0.122. The number of nitrogens with zero attached hydrogens (tertiary/aromatic N) is 1. The van der Waals surface area contributed by atoms with E-state index in [1.165, 1.54) is 0 Å². The van der Waals surface area contributed by atoms with E-state index < -0.39 is 22.0 Å². The monoisotopic (exact) mass is 459 g/mol. The first kappa shape index (κ1) is 22.1. The van der Waals surface area contributed by atoms with Crippen molar-refractivity contribution in [2.45, 2.75) is 25.0 Å². The first-order chi connectivity index (χ1) is 15.3. The highest BCUT2D eigenvalue weighted by Gasteiger charge is 2.35. The summed E-state index contributed by atoms with van der Waals surface area (Å²) in [4.78, 5) is 25.7. The molecule has 2 N–H and O–H groups in total. The van der Waals surface area contributed by atoms with Gasteiger partial charge >= 0.3 is 0 Å². The molecule has 1 saturated heterocycles. The van der Waals surface area contributed by atoms with Gasteiger partial charge in [-0.05, 0) is 37.1 Å². The average molecular weight is 460 g/mol. The third-order valence-corrected chi connectivity index (χ3v) is 6.52. The van der Waals surface area contributed by atoms with Gasteiger partial charge in [-0.2, -0.15) is 0 Å². The molecule has 0 saturated carbocycles. The third-order valence-electron chi connectivity index (χ3n) is 5.37. The Morgan fingerprint density at radius 2 is 1.88 bits per heavy atom. The lowest BCUT2D eigenvalue weighted by atomic mass is 10.1. The fraction of sp³-hybridized carbons (Fsp3) is 0.364. The van der Waals surface area contributed by atoms with Crippen molar-refractivity contribution in [1.82, 2.24) is 5.32 Å². The summed E-state index contributed by atoms with van der Waals surface area (Å²) in [6, 6.07) is 13.3. The Balaban J connectivity index is 1.49. The molecule has 0 spiro atoms. The van der Waals surface area contributed by atoms with Crippen molar-refractivity contribution in [2.75, 3.05) is 35.6 Å². The zero-order chi connectivity index (χ0) is 22.7. The van der Waals surface area contributed by atoms with Crippen LogP contribution in [0, 0.1) is 0 Å². The molecule has 0 aromatic heterocycles. The van der Waals surface area contributed by atoms with Gasteiger partial charge in [-0.15, -0.1) is 0 Å². The quantitative estimate of drug-likeness (QED) is 0.681. The van der Waals surface area contributed by atoms with Crippen LogP contribution in [0.15, 0.2) is 48.5 Å². The second kappa shape index (κ2) is 9.17. The summed E-state index contributed by atoms with van der Waals surface area (Å²) < 4.78 is 37.0. The standard InChI is InChI=1S/C22H25N3O6S/c1-32(28,29)25-14-20(31-19-11-5-4-10-18(19)25)22(27)24-17-9-3-2-8-16(17)21(26)23-13-15-7-6-12-30-15/h2-5,8-11,15,20H,6-7,12-14H2,1H3,(H,23,26)(H,24,27)/t15-,20-/m1/s1. The number of ether oxygens (including phenoxy) is 2. The minimum Gasteiger partial charge on any atom is -0.476 e. The molecule has 0 bridgehead atoms. The molecule has 2 atom stereocenters. The van der Waals surface area contributed by atoms with Crippen LogP contribution in [0.25, 0.3) is 0 Å². The molecule has 2 aliphatic heterocycles. The predicted octanol–water partition coefficient (Wildman–Crippen LogP) is 1.76. The Kier molecular flexibility index (Phi) is 6.33. The summed E-state index contributed by atoms with van der Waals surface area (Å²) in [7, 11) is -3.62. The van der Waals surface area contributed by atoms with E-state index in [0.29, 0.717) is 35.8 Å². The molecule has 0 unspecified atom stereocenters. The highest BCUT2D eigenvalue weighted by atomic mass is 32.2. The van der Waals surface area contributed by atoms with Crippen molar-refractivity contribution in [2.24, 2.45) is 0 Å². The maximum atomic E-state index is 13.0. The highest BCUT2D eigenvalue weighted by Crippen LogP contribution is 2.34. The number of carbonyl (C=O) groups is 2. The minimum atomic E-state index is -3.62. The fourth-order valence-electron chi connectivity index (χ4n) is 3.76. The zero-order valence-corrected chi connectivity index (χ0v) is 18.4. The molecule has 9 nitrogen and oxygen atoms in total. The average Bonchev–Trinajstić information content (AvgIpc) is 3.30. The molecule has 2 aromatic carbocycles. The Bertz CT molecular complexity index is 1110. The minimum absolute atomic E-state index is 0.00149. The first-order valence-electron chi connectivity index (χ1n) is 10.4. The van der Waals surface area contributed by atoms with E-state index in [4.69, 9.17) is 9.47 Å². The van der Waals surface area contributed by atoms with Gasteiger partial charge in [0.05, 0.1) is 35.8 Å². The van der Waals surface area contributed by atoms with Crippen molar-refractivity contribution in [3.8, 4) is 5.75 Å². The number of para-hydroxylation sites is 3. The summed E-state index contributed by atoms with van der Waals surface area (Å²) in [6.45, 7) is 0.921. The van der Waals surface area contributed by atoms with E-state index in [1.807, 2.05) is 0 Å². The molecular weight excluding hydrogens is 434 g/mol. The Labute approximate surface area is 186 Å². The van der Waals surface area contributed by atoms with Gasteiger partial charge in [-0.3, -0.25) is 13.9 Å². The molecule has 2 aromatic rings. The van der Waals surface area contributed by atoms with Crippen LogP contribution in [0.2, 0.25) is 0 Å². The zero-order valence-electron chi connectivity index (χ0n) is 17.6. The van der Waals surface area contributed by atoms with Crippen molar-refractivity contribution >= 4 is 33.2 Å². The molecule has 4 rings (SSSR count). The maximum Gasteiger partial charge on any atom is 0.267 e. The van der Waals surface area contributed by atoms with E-state index >= 15 is 0 Å². The van der Waals surface area contributed by atoms with Crippen LogP contribution in [0.1, 0.15) is 23.2 Å². The van der Waals surface area contributed by atoms with Crippen LogP contribution in [0.3, 0.4) is 0 Å². The van der Waals surface area contributed by atoms with E-state index in [9.17, 15) is 18.0 Å². The maximum absolute atomic E-state index is 13.0. The molecular formula is C22H25N3O6S. The number of amides is 2. The van der Waals surface area contributed by atoms with Crippen molar-refractivity contribution in [3.63, 3.8) is 0 Å². The highest BCUT2D eigenvalue weighted by molar-refractivity contribution is 7.92. The van der Waals surface area contributed by atoms with Crippen LogP contribution in [0.5, 0.6) is 5.75 Å². The third kappa shape index (κ3) is 4.86. The number of anilines is 2. The largest absolute Gasteiger partial charge is 0.476 e. The van der Waals surface area contributed by atoms with Crippen molar-refractivity contribution in [3.05, 3.63) is 54.1 Å². The van der Waals surface area contributed by atoms with E-state index in [2.05, 4.69) is 10.6 Å². The van der Waals surface area contributed by atoms with Gasteiger partial charge in [0, 0.05) is 13.2 Å². The first-order valence-corrected chi connectivity index (χ1v) is 12.2. The Morgan fingerprint density at radius 1 is 1.12 bits per heavy atom. The van der Waals surface area contributed by atoms with Crippen molar-refractivity contribution in [1.29, 1.82) is 0 Å². The normalized spacial score (nSPS) is 20.2. The number of nitrogens with one attached hydrogen (secondary N) is 2. The smallest absolute Gasteiger partial charge is 0.267 e. The summed E-state index contributed by atoms with van der Waals surface area (Å²) in [5.74, 6) is -0.580. The number of hydrogen-bond acceptors (Lipinski definition) is 6. The number of carbonyl (C=O) groups excluding carboxylic acids is 2. The molecule has 2 aliphatic rings. The van der Waals surface area contributed by atoms with Gasteiger partial charge in [0.25, 0.3) is 11.8 Å². The number of benzene rings is 2. The van der Waals surface area contributed by atoms with Crippen LogP contribution in [-0.4, -0.2) is 58.4 Å². The molecule has 10 heteroatoms. The SMILES string of the molecule is CS(=O)(=O)N1C[C@H](C(=O)Nc2ccccc2C(=O)NC[C@H]2CCCO2)Oc2ccccc21. The topological polar surface area (TPSA) is 114 Å². The number of rotatable bonds is 6.